The molecule has 4 N–H and O–H groups in total. The summed E-state index contributed by atoms with van der Waals surface area (Å²) in [6.07, 6.45) is 3.61. The van der Waals surface area contributed by atoms with Gasteiger partial charge in [-0.05, 0) is 51.5 Å². The van der Waals surface area contributed by atoms with E-state index in [-0.39, 0.29) is 42.6 Å². The second-order valence-corrected chi connectivity index (χ2v) is 8.46. The van der Waals surface area contributed by atoms with Crippen molar-refractivity contribution in [2.75, 3.05) is 6.61 Å². The van der Waals surface area contributed by atoms with Gasteiger partial charge < -0.3 is 20.5 Å². The lowest BCUT2D eigenvalue weighted by Gasteiger charge is -2.20. The van der Waals surface area contributed by atoms with Gasteiger partial charge in [-0.15, -0.1) is 12.4 Å². The zero-order chi connectivity index (χ0) is 22.6. The first-order valence-corrected chi connectivity index (χ1v) is 10.0. The van der Waals surface area contributed by atoms with Crippen molar-refractivity contribution in [3.63, 3.8) is 0 Å². The molecule has 3 rings (SSSR count). The van der Waals surface area contributed by atoms with Crippen LogP contribution >= 0.6 is 12.4 Å². The Kier molecular flexibility index (Phi) is 8.15. The molecule has 172 valence electrons. The summed E-state index contributed by atoms with van der Waals surface area (Å²) in [6.45, 7) is 5.71. The van der Waals surface area contributed by atoms with E-state index in [1.807, 2.05) is 24.3 Å². The molecular formula is C22H28ClN5O4. The lowest BCUT2D eigenvalue weighted by Crippen LogP contribution is -2.31. The average molecular weight is 462 g/mol. The number of amides is 1. The van der Waals surface area contributed by atoms with Crippen LogP contribution in [0.5, 0.6) is 5.75 Å². The zero-order valence-electron chi connectivity index (χ0n) is 18.3. The fourth-order valence-electron chi connectivity index (χ4n) is 3.23. The number of nitrogens with zero attached hydrogens (tertiary/aromatic N) is 2. The van der Waals surface area contributed by atoms with Crippen LogP contribution in [0.3, 0.4) is 0 Å². The van der Waals surface area contributed by atoms with Crippen LogP contribution in [0.4, 0.5) is 0 Å². The Bertz CT molecular complexity index is 958. The molecule has 32 heavy (non-hydrogen) atoms. The summed E-state index contributed by atoms with van der Waals surface area (Å²) in [5.74, 6) is -0.397. The maximum absolute atomic E-state index is 12.2. The average Bonchev–Trinajstić information content (AvgIpc) is 3.04. The molecule has 0 aliphatic carbocycles. The van der Waals surface area contributed by atoms with E-state index < -0.39 is 11.5 Å². The predicted octanol–water partition coefficient (Wildman–Crippen LogP) is 2.46. The smallest absolute Gasteiger partial charge is 0.307 e. The molecule has 2 heterocycles. The fraction of sp³-hybridized carbons (Fsp3) is 0.409. The molecule has 2 atom stereocenters. The van der Waals surface area contributed by atoms with E-state index in [1.54, 1.807) is 27.0 Å². The van der Waals surface area contributed by atoms with Crippen LogP contribution in [0, 0.1) is 11.3 Å². The van der Waals surface area contributed by atoms with Crippen LogP contribution in [-0.4, -0.2) is 45.9 Å². The lowest BCUT2D eigenvalue weighted by molar-refractivity contribution is -0.156. The van der Waals surface area contributed by atoms with Gasteiger partial charge >= 0.3 is 5.97 Å². The minimum absolute atomic E-state index is 0. The van der Waals surface area contributed by atoms with E-state index in [0.29, 0.717) is 30.2 Å². The number of carbonyl (C=O) groups excluding carboxylic acids is 2. The van der Waals surface area contributed by atoms with E-state index in [2.05, 4.69) is 15.3 Å². The van der Waals surface area contributed by atoms with Crippen molar-refractivity contribution in [1.82, 2.24) is 15.3 Å². The molecule has 0 saturated carbocycles. The zero-order valence-corrected chi connectivity index (χ0v) is 19.1. The largest absolute Gasteiger partial charge is 0.491 e. The Morgan fingerprint density at radius 2 is 1.91 bits per heavy atom. The minimum Gasteiger partial charge on any atom is -0.491 e. The molecule has 2 aromatic rings. The highest BCUT2D eigenvalue weighted by Crippen LogP contribution is 2.24. The number of rotatable bonds is 7. The predicted molar refractivity (Wildman–Crippen MR) is 122 cm³/mol. The van der Waals surface area contributed by atoms with Gasteiger partial charge in [0.15, 0.2) is 0 Å². The van der Waals surface area contributed by atoms with Crippen molar-refractivity contribution < 1.29 is 19.1 Å². The molecule has 9 nitrogen and oxygen atoms in total. The molecule has 10 heteroatoms. The molecule has 1 amide bonds. The maximum Gasteiger partial charge on any atom is 0.307 e. The number of aromatic nitrogens is 2. The summed E-state index contributed by atoms with van der Waals surface area (Å²) in [6, 6.07) is 7.16. The van der Waals surface area contributed by atoms with Gasteiger partial charge in [0.25, 0.3) is 0 Å². The van der Waals surface area contributed by atoms with E-state index >= 15 is 0 Å². The molecule has 1 aromatic heterocycles. The monoisotopic (exact) mass is 461 g/mol. The number of esters is 1. The molecule has 0 bridgehead atoms. The second-order valence-electron chi connectivity index (χ2n) is 8.46. The van der Waals surface area contributed by atoms with Crippen LogP contribution < -0.4 is 15.8 Å². The fourth-order valence-corrected chi connectivity index (χ4v) is 3.23. The Balaban J connectivity index is 0.00000363. The first kappa shape index (κ1) is 25.1. The van der Waals surface area contributed by atoms with Gasteiger partial charge in [0.05, 0.1) is 36.5 Å². The molecule has 1 saturated heterocycles. The molecule has 1 aromatic carbocycles. The number of nitrogens with one attached hydrogen (secondary N) is 2. The van der Waals surface area contributed by atoms with E-state index in [1.165, 1.54) is 6.20 Å². The molecular weight excluding hydrogens is 434 g/mol. The van der Waals surface area contributed by atoms with Gasteiger partial charge in [0.2, 0.25) is 5.91 Å². The Labute approximate surface area is 193 Å². The van der Waals surface area contributed by atoms with Gasteiger partial charge in [0.1, 0.15) is 29.5 Å². The molecule has 1 fully saturated rings. The Hall–Kier alpha value is -3.20. The highest BCUT2D eigenvalue weighted by molar-refractivity contribution is 5.92. The van der Waals surface area contributed by atoms with E-state index in [0.717, 1.165) is 5.56 Å². The number of carbonyl (C=O) groups is 2. The van der Waals surface area contributed by atoms with Gasteiger partial charge in [0, 0.05) is 5.56 Å². The molecule has 1 aliphatic heterocycles. The normalized spacial score (nSPS) is 17.8. The number of hydrogen-bond acceptors (Lipinski definition) is 7. The molecule has 0 spiro atoms. The van der Waals surface area contributed by atoms with Crippen LogP contribution in [0.15, 0.2) is 36.7 Å². The number of nitrogens with two attached hydrogens (primary N) is 1. The summed E-state index contributed by atoms with van der Waals surface area (Å²) in [5, 5.41) is 10.2. The number of nitrogen functional groups attached to an aromatic ring is 1. The molecule has 1 aliphatic rings. The number of benzene rings is 1. The third kappa shape index (κ3) is 6.91. The highest BCUT2D eigenvalue weighted by atomic mass is 35.5. The first-order chi connectivity index (χ1) is 14.6. The van der Waals surface area contributed by atoms with Crippen molar-refractivity contribution in [1.29, 1.82) is 5.41 Å². The van der Waals surface area contributed by atoms with Gasteiger partial charge in [-0.25, -0.2) is 4.98 Å². The topological polar surface area (TPSA) is 140 Å². The second kappa shape index (κ2) is 10.4. The van der Waals surface area contributed by atoms with Crippen molar-refractivity contribution in [2.45, 2.75) is 45.3 Å². The van der Waals surface area contributed by atoms with Crippen LogP contribution in [-0.2, 0) is 14.3 Å². The Morgan fingerprint density at radius 3 is 2.47 bits per heavy atom. The quantitative estimate of drug-likeness (QED) is 0.326. The molecule has 0 radical (unpaired) electrons. The number of hydrogen-bond donors (Lipinski definition) is 3. The van der Waals surface area contributed by atoms with Crippen molar-refractivity contribution in [2.24, 2.45) is 11.7 Å². The molecule has 0 unspecified atom stereocenters. The number of amidine groups is 1. The highest BCUT2D eigenvalue weighted by Gasteiger charge is 2.35. The van der Waals surface area contributed by atoms with Crippen LogP contribution in [0.2, 0.25) is 0 Å². The number of ether oxygens (including phenoxy) is 2. The lowest BCUT2D eigenvalue weighted by atomic mass is 10.0. The van der Waals surface area contributed by atoms with Crippen molar-refractivity contribution in [3.8, 4) is 17.0 Å². The van der Waals surface area contributed by atoms with Gasteiger partial charge in [-0.2, -0.15) is 0 Å². The minimum atomic E-state index is -0.568. The number of halogens is 1. The van der Waals surface area contributed by atoms with E-state index in [4.69, 9.17) is 20.6 Å². The van der Waals surface area contributed by atoms with Crippen LogP contribution in [0.25, 0.3) is 11.3 Å². The van der Waals surface area contributed by atoms with Gasteiger partial charge in [-0.1, -0.05) is 0 Å². The van der Waals surface area contributed by atoms with Gasteiger partial charge in [-0.3, -0.25) is 20.0 Å². The third-order valence-electron chi connectivity index (χ3n) is 4.65. The SMILES string of the molecule is CC(C)(C)OC(=O)C[C@@H]1C[C@@H](COc2ccc(-c3cnc(C(=N)N)cn3)cc2)NC1=O.Cl. The summed E-state index contributed by atoms with van der Waals surface area (Å²) < 4.78 is 11.1. The summed E-state index contributed by atoms with van der Waals surface area (Å²) in [4.78, 5) is 32.5. The maximum atomic E-state index is 12.2. The van der Waals surface area contributed by atoms with Crippen molar-refractivity contribution in [3.05, 3.63) is 42.4 Å². The summed E-state index contributed by atoms with van der Waals surface area (Å²) >= 11 is 0. The Morgan fingerprint density at radius 1 is 1.22 bits per heavy atom. The first-order valence-electron chi connectivity index (χ1n) is 10.0. The third-order valence-corrected chi connectivity index (χ3v) is 4.65. The standard InChI is InChI=1S/C22H27N5O4.ClH/c1-22(2,3)31-19(28)9-14-8-15(27-21(14)29)12-30-16-6-4-13(5-7-16)17-10-26-18(11-25-17)20(23)24;/h4-7,10-11,14-15H,8-9,12H2,1-3H3,(H3,23,24)(H,27,29);1H/t14-,15-;/m0./s1. The van der Waals surface area contributed by atoms with Crippen molar-refractivity contribution >= 4 is 30.1 Å². The summed E-state index contributed by atoms with van der Waals surface area (Å²) in [5.41, 5.74) is 6.65. The van der Waals surface area contributed by atoms with Crippen LogP contribution in [0.1, 0.15) is 39.3 Å². The van der Waals surface area contributed by atoms with E-state index in [9.17, 15) is 9.59 Å². The summed E-state index contributed by atoms with van der Waals surface area (Å²) in [7, 11) is 0.